The number of H-pyrrole nitrogens is 1. The van der Waals surface area contributed by atoms with Gasteiger partial charge < -0.3 is 35.4 Å². The second kappa shape index (κ2) is 5.60. The quantitative estimate of drug-likeness (QED) is 0.499. The Kier molecular flexibility index (Phi) is 3.78. The Morgan fingerprint density at radius 1 is 1.00 bits per heavy atom. The SMILES string of the molecule is O=C(O)c1nc(-c2nc([N+](=O)[O-])c([N+](=O)[O-])n2[N+](=O)[O-])[nH]c1[N+](=O)[O-]. The van der Waals surface area contributed by atoms with Gasteiger partial charge in [-0.1, -0.05) is 0 Å². The fourth-order valence-corrected chi connectivity index (χ4v) is 1.73. The van der Waals surface area contributed by atoms with E-state index in [-0.39, 0.29) is 0 Å². The Bertz CT molecular complexity index is 923. The first-order chi connectivity index (χ1) is 11.6. The third-order valence-electron chi connectivity index (χ3n) is 2.60. The number of rotatable bonds is 6. The summed E-state index contributed by atoms with van der Waals surface area (Å²) >= 11 is 0. The van der Waals surface area contributed by atoms with E-state index in [4.69, 9.17) is 5.11 Å². The Balaban J connectivity index is 2.86. The number of imidazole rings is 2. The molecule has 130 valence electrons. The molecule has 0 saturated heterocycles. The number of carboxylic acid groups (broad SMARTS) is 1. The van der Waals surface area contributed by atoms with Gasteiger partial charge in [0.05, 0.1) is 0 Å². The van der Waals surface area contributed by atoms with E-state index in [2.05, 4.69) is 9.97 Å². The minimum atomic E-state index is -1.89. The van der Waals surface area contributed by atoms with Crippen molar-refractivity contribution in [1.29, 1.82) is 0 Å². The lowest BCUT2D eigenvalue weighted by Crippen LogP contribution is -2.14. The van der Waals surface area contributed by atoms with Gasteiger partial charge in [0.25, 0.3) is 5.03 Å². The third kappa shape index (κ3) is 2.64. The molecule has 18 nitrogen and oxygen atoms in total. The summed E-state index contributed by atoms with van der Waals surface area (Å²) in [5.74, 6) is -8.41. The van der Waals surface area contributed by atoms with Crippen LogP contribution in [0.15, 0.2) is 0 Å². The van der Waals surface area contributed by atoms with Crippen molar-refractivity contribution in [2.75, 3.05) is 0 Å². The molecular formula is C7H2N8O10. The smallest absolute Gasteiger partial charge is 0.476 e. The molecule has 25 heavy (non-hydrogen) atoms. The van der Waals surface area contributed by atoms with Crippen LogP contribution in [0, 0.1) is 40.5 Å². The lowest BCUT2D eigenvalue weighted by atomic mass is 10.4. The zero-order chi connectivity index (χ0) is 19.0. The Labute approximate surface area is 131 Å². The molecule has 18 heteroatoms. The van der Waals surface area contributed by atoms with E-state index in [0.717, 1.165) is 0 Å². The first-order valence-corrected chi connectivity index (χ1v) is 5.60. The van der Waals surface area contributed by atoms with Crippen molar-refractivity contribution in [2.24, 2.45) is 0 Å². The number of hydrogen-bond donors (Lipinski definition) is 2. The van der Waals surface area contributed by atoms with E-state index in [0.29, 0.717) is 0 Å². The van der Waals surface area contributed by atoms with Crippen LogP contribution in [-0.4, -0.2) is 50.5 Å². The van der Waals surface area contributed by atoms with Crippen LogP contribution < -0.4 is 0 Å². The molecule has 2 aromatic rings. The number of carboxylic acids is 1. The predicted molar refractivity (Wildman–Crippen MR) is 69.1 cm³/mol. The van der Waals surface area contributed by atoms with E-state index in [9.17, 15) is 45.3 Å². The third-order valence-corrected chi connectivity index (χ3v) is 2.60. The summed E-state index contributed by atoms with van der Waals surface area (Å²) in [6, 6.07) is 0. The number of nitrogens with one attached hydrogen (secondary N) is 1. The second-order valence-electron chi connectivity index (χ2n) is 3.99. The second-order valence-corrected chi connectivity index (χ2v) is 3.99. The van der Waals surface area contributed by atoms with Crippen molar-refractivity contribution in [3.8, 4) is 11.6 Å². The lowest BCUT2D eigenvalue weighted by Gasteiger charge is -1.91. The predicted octanol–water partition coefficient (Wildman–Crippen LogP) is -0.264. The van der Waals surface area contributed by atoms with Gasteiger partial charge >= 0.3 is 35.1 Å². The summed E-state index contributed by atoms with van der Waals surface area (Å²) in [5, 5.41) is 50.9. The molecule has 0 aromatic carbocycles. The Hall–Kier alpha value is -4.51. The Morgan fingerprint density at radius 3 is 1.96 bits per heavy atom. The molecule has 2 N–H and O–H groups in total. The van der Waals surface area contributed by atoms with E-state index < -0.39 is 65.2 Å². The molecule has 0 bridgehead atoms. The normalized spacial score (nSPS) is 10.4. The fourth-order valence-electron chi connectivity index (χ4n) is 1.73. The number of aromatic nitrogens is 4. The molecular weight excluding hydrogens is 356 g/mol. The van der Waals surface area contributed by atoms with Crippen LogP contribution in [0.25, 0.3) is 11.6 Å². The largest absolute Gasteiger partial charge is 0.492 e. The van der Waals surface area contributed by atoms with Gasteiger partial charge in [-0.05, 0) is 14.8 Å². The molecule has 0 atom stereocenters. The molecule has 0 aliphatic carbocycles. The molecule has 0 aliphatic heterocycles. The van der Waals surface area contributed by atoms with Crippen LogP contribution in [0.3, 0.4) is 0 Å². The molecule has 0 amide bonds. The number of nitro groups is 4. The van der Waals surface area contributed by atoms with Crippen molar-refractivity contribution in [3.05, 3.63) is 46.2 Å². The minimum absolute atomic E-state index is 0.452. The van der Waals surface area contributed by atoms with Gasteiger partial charge in [-0.15, -0.1) is 0 Å². The molecule has 0 fully saturated rings. The number of aromatic carboxylic acids is 1. The van der Waals surface area contributed by atoms with Crippen LogP contribution in [0.1, 0.15) is 10.5 Å². The molecule has 2 heterocycles. The van der Waals surface area contributed by atoms with Crippen LogP contribution in [0.5, 0.6) is 0 Å². The first kappa shape index (κ1) is 16.9. The van der Waals surface area contributed by atoms with Crippen molar-refractivity contribution in [3.63, 3.8) is 0 Å². The highest BCUT2D eigenvalue weighted by molar-refractivity contribution is 5.90. The summed E-state index contributed by atoms with van der Waals surface area (Å²) in [7, 11) is 0. The summed E-state index contributed by atoms with van der Waals surface area (Å²) in [4.78, 5) is 58.3. The minimum Gasteiger partial charge on any atom is -0.476 e. The van der Waals surface area contributed by atoms with Crippen molar-refractivity contribution >= 4 is 23.4 Å². The monoisotopic (exact) mass is 358 g/mol. The highest BCUT2D eigenvalue weighted by Gasteiger charge is 2.49. The summed E-state index contributed by atoms with van der Waals surface area (Å²) in [6.45, 7) is 0. The molecule has 2 aromatic heterocycles. The zero-order valence-corrected chi connectivity index (χ0v) is 11.3. The van der Waals surface area contributed by atoms with Gasteiger partial charge in [0.2, 0.25) is 5.69 Å². The maximum absolute atomic E-state index is 11.0. The van der Waals surface area contributed by atoms with Crippen LogP contribution >= 0.6 is 0 Å². The van der Waals surface area contributed by atoms with E-state index in [1.54, 1.807) is 4.98 Å². The topological polar surface area (TPSA) is 256 Å². The van der Waals surface area contributed by atoms with E-state index >= 15 is 0 Å². The highest BCUT2D eigenvalue weighted by Crippen LogP contribution is 2.32. The number of nitrogens with zero attached hydrogens (tertiary/aromatic N) is 7. The van der Waals surface area contributed by atoms with Gasteiger partial charge in [-0.25, -0.2) is 19.9 Å². The van der Waals surface area contributed by atoms with Gasteiger partial charge in [0.15, 0.2) is 0 Å². The molecule has 0 saturated carbocycles. The van der Waals surface area contributed by atoms with E-state index in [1.165, 1.54) is 0 Å². The number of carbonyl (C=O) groups is 1. The van der Waals surface area contributed by atoms with Crippen LogP contribution in [-0.2, 0) is 0 Å². The van der Waals surface area contributed by atoms with Crippen molar-refractivity contribution < 1.29 is 29.7 Å². The Morgan fingerprint density at radius 2 is 1.60 bits per heavy atom. The lowest BCUT2D eigenvalue weighted by molar-refractivity contribution is -0.560. The van der Waals surface area contributed by atoms with Crippen molar-refractivity contribution in [2.45, 2.75) is 0 Å². The summed E-state index contributed by atoms with van der Waals surface area (Å²) in [5.41, 5.74) is -1.18. The van der Waals surface area contributed by atoms with Gasteiger partial charge in [0, 0.05) is 4.98 Å². The van der Waals surface area contributed by atoms with Gasteiger partial charge in [-0.3, -0.25) is 0 Å². The number of aromatic amines is 1. The van der Waals surface area contributed by atoms with Gasteiger partial charge in [-0.2, -0.15) is 4.98 Å². The number of hydrogen-bond acceptors (Lipinski definition) is 11. The first-order valence-electron chi connectivity index (χ1n) is 5.60. The average Bonchev–Trinajstić information content (AvgIpc) is 3.08. The highest BCUT2D eigenvalue weighted by atomic mass is 16.7. The molecule has 0 unspecified atom stereocenters. The average molecular weight is 358 g/mol. The molecule has 2 rings (SSSR count). The molecule has 0 spiro atoms. The molecule has 0 radical (unpaired) electrons. The zero-order valence-electron chi connectivity index (χ0n) is 11.3. The maximum atomic E-state index is 11.0. The summed E-state index contributed by atoms with van der Waals surface area (Å²) in [6.07, 6.45) is 0. The maximum Gasteiger partial charge on any atom is 0.492 e. The fraction of sp³-hybridized carbons (Fsp3) is 0. The van der Waals surface area contributed by atoms with Gasteiger partial charge in [0.1, 0.15) is 4.68 Å². The van der Waals surface area contributed by atoms with Crippen LogP contribution in [0.4, 0.5) is 17.5 Å². The van der Waals surface area contributed by atoms with Crippen molar-refractivity contribution in [1.82, 2.24) is 19.6 Å². The van der Waals surface area contributed by atoms with E-state index in [1.807, 2.05) is 0 Å². The summed E-state index contributed by atoms with van der Waals surface area (Å²) < 4.78 is -0.452. The molecule has 0 aliphatic rings. The standard InChI is InChI=1S/C7H2N8O10/c16-7(17)1-3(12(18)19)9-2(8-1)4-10-5(13(20)21)6(14(22)23)11(4)15(24)25/h(H,8,9)(H,16,17). The van der Waals surface area contributed by atoms with Crippen LogP contribution in [0.2, 0.25) is 0 Å².